The number of hydrogen-bond donors (Lipinski definition) is 3. The van der Waals surface area contributed by atoms with Crippen LogP contribution in [0.15, 0.2) is 0 Å². The standard InChI is InChI=1S/C8H12O6/c1-3(4(2)6(9)10)5(7(11)12)8(13)14/h3-5H,1-2H3,(H,9,10)(H,11,12)(H,13,14). The average molecular weight is 204 g/mol. The highest BCUT2D eigenvalue weighted by Gasteiger charge is 2.37. The molecule has 0 aliphatic rings. The van der Waals surface area contributed by atoms with E-state index in [-0.39, 0.29) is 0 Å². The number of rotatable bonds is 5. The van der Waals surface area contributed by atoms with Gasteiger partial charge >= 0.3 is 17.9 Å². The molecule has 0 amide bonds. The highest BCUT2D eigenvalue weighted by Crippen LogP contribution is 2.21. The first-order valence-corrected chi connectivity index (χ1v) is 3.97. The van der Waals surface area contributed by atoms with Crippen LogP contribution in [0.1, 0.15) is 13.8 Å². The van der Waals surface area contributed by atoms with Gasteiger partial charge in [-0.25, -0.2) is 0 Å². The van der Waals surface area contributed by atoms with Crippen LogP contribution in [0.2, 0.25) is 0 Å². The number of carbonyl (C=O) groups is 3. The summed E-state index contributed by atoms with van der Waals surface area (Å²) in [4.78, 5) is 31.6. The van der Waals surface area contributed by atoms with Crippen molar-refractivity contribution in [3.63, 3.8) is 0 Å². The van der Waals surface area contributed by atoms with Gasteiger partial charge in [-0.15, -0.1) is 0 Å². The molecule has 6 nitrogen and oxygen atoms in total. The summed E-state index contributed by atoms with van der Waals surface area (Å²) in [5.41, 5.74) is 0. The number of hydrogen-bond acceptors (Lipinski definition) is 3. The first-order valence-electron chi connectivity index (χ1n) is 3.97. The van der Waals surface area contributed by atoms with Crippen molar-refractivity contribution in [2.75, 3.05) is 0 Å². The zero-order valence-electron chi connectivity index (χ0n) is 7.80. The van der Waals surface area contributed by atoms with Crippen LogP contribution in [0.25, 0.3) is 0 Å². The third-order valence-corrected chi connectivity index (χ3v) is 2.24. The molecule has 0 spiro atoms. The third-order valence-electron chi connectivity index (χ3n) is 2.24. The van der Waals surface area contributed by atoms with Gasteiger partial charge in [-0.2, -0.15) is 0 Å². The fourth-order valence-corrected chi connectivity index (χ4v) is 1.07. The van der Waals surface area contributed by atoms with Gasteiger partial charge in [0.15, 0.2) is 5.92 Å². The lowest BCUT2D eigenvalue weighted by molar-refractivity contribution is -0.159. The molecule has 0 heterocycles. The second kappa shape index (κ2) is 4.59. The second-order valence-electron chi connectivity index (χ2n) is 3.14. The molecule has 0 aromatic carbocycles. The van der Waals surface area contributed by atoms with Crippen molar-refractivity contribution in [2.45, 2.75) is 13.8 Å². The minimum Gasteiger partial charge on any atom is -0.481 e. The van der Waals surface area contributed by atoms with E-state index in [2.05, 4.69) is 0 Å². The zero-order chi connectivity index (χ0) is 11.5. The highest BCUT2D eigenvalue weighted by molar-refractivity contribution is 5.93. The Morgan fingerprint density at radius 1 is 0.857 bits per heavy atom. The van der Waals surface area contributed by atoms with Gasteiger partial charge in [-0.05, 0) is 5.92 Å². The molecule has 0 radical (unpaired) electrons. The summed E-state index contributed by atoms with van der Waals surface area (Å²) in [6.07, 6.45) is 0. The molecule has 0 rings (SSSR count). The van der Waals surface area contributed by atoms with Gasteiger partial charge < -0.3 is 15.3 Å². The van der Waals surface area contributed by atoms with Gasteiger partial charge in [0, 0.05) is 0 Å². The van der Waals surface area contributed by atoms with Crippen LogP contribution < -0.4 is 0 Å². The van der Waals surface area contributed by atoms with Crippen molar-refractivity contribution in [2.24, 2.45) is 17.8 Å². The van der Waals surface area contributed by atoms with Crippen molar-refractivity contribution in [1.82, 2.24) is 0 Å². The van der Waals surface area contributed by atoms with Gasteiger partial charge in [0.05, 0.1) is 5.92 Å². The summed E-state index contributed by atoms with van der Waals surface area (Å²) in [5, 5.41) is 25.7. The Balaban J connectivity index is 4.77. The van der Waals surface area contributed by atoms with Gasteiger partial charge in [0.25, 0.3) is 0 Å². The molecule has 0 saturated heterocycles. The van der Waals surface area contributed by atoms with Crippen molar-refractivity contribution in [3.05, 3.63) is 0 Å². The quantitative estimate of drug-likeness (QED) is 0.548. The first kappa shape index (κ1) is 12.4. The number of aliphatic carboxylic acids is 3. The van der Waals surface area contributed by atoms with E-state index in [0.29, 0.717) is 0 Å². The fraction of sp³-hybridized carbons (Fsp3) is 0.625. The van der Waals surface area contributed by atoms with E-state index in [1.165, 1.54) is 13.8 Å². The molecule has 0 bridgehead atoms. The van der Waals surface area contributed by atoms with Crippen molar-refractivity contribution >= 4 is 17.9 Å². The van der Waals surface area contributed by atoms with Crippen molar-refractivity contribution < 1.29 is 29.7 Å². The third kappa shape index (κ3) is 2.72. The largest absolute Gasteiger partial charge is 0.481 e. The monoisotopic (exact) mass is 204 g/mol. The molecule has 0 saturated carbocycles. The number of carboxylic acids is 3. The minimum absolute atomic E-state index is 0.956. The SMILES string of the molecule is CC(C(=O)O)C(C)C(C(=O)O)C(=O)O. The molecule has 2 atom stereocenters. The van der Waals surface area contributed by atoms with E-state index in [1.54, 1.807) is 0 Å². The fourth-order valence-electron chi connectivity index (χ4n) is 1.07. The van der Waals surface area contributed by atoms with E-state index in [4.69, 9.17) is 15.3 Å². The van der Waals surface area contributed by atoms with Gasteiger partial charge in [-0.3, -0.25) is 14.4 Å². The molecular formula is C8H12O6. The topological polar surface area (TPSA) is 112 Å². The molecule has 0 aromatic rings. The van der Waals surface area contributed by atoms with E-state index in [9.17, 15) is 14.4 Å². The maximum absolute atomic E-state index is 10.5. The highest BCUT2D eigenvalue weighted by atomic mass is 16.4. The van der Waals surface area contributed by atoms with Crippen LogP contribution in [0.5, 0.6) is 0 Å². The molecule has 6 heteroatoms. The first-order chi connectivity index (χ1) is 6.29. The van der Waals surface area contributed by atoms with E-state index >= 15 is 0 Å². The van der Waals surface area contributed by atoms with Crippen LogP contribution in [-0.4, -0.2) is 33.2 Å². The summed E-state index contributed by atoms with van der Waals surface area (Å²) in [5.74, 6) is -7.88. The Kier molecular flexibility index (Phi) is 4.07. The molecule has 3 N–H and O–H groups in total. The van der Waals surface area contributed by atoms with E-state index in [1.807, 2.05) is 0 Å². The summed E-state index contributed by atoms with van der Waals surface area (Å²) in [7, 11) is 0. The molecule has 0 fully saturated rings. The molecular weight excluding hydrogens is 192 g/mol. The van der Waals surface area contributed by atoms with Gasteiger partial charge in [-0.1, -0.05) is 13.8 Å². The van der Waals surface area contributed by atoms with Crippen molar-refractivity contribution in [3.8, 4) is 0 Å². The van der Waals surface area contributed by atoms with Crippen LogP contribution in [0.3, 0.4) is 0 Å². The Bertz CT molecular complexity index is 245. The predicted molar refractivity (Wildman–Crippen MR) is 44.7 cm³/mol. The van der Waals surface area contributed by atoms with E-state index < -0.39 is 35.7 Å². The van der Waals surface area contributed by atoms with Crippen LogP contribution in [0, 0.1) is 17.8 Å². The molecule has 80 valence electrons. The van der Waals surface area contributed by atoms with Gasteiger partial charge in [0.2, 0.25) is 0 Å². The zero-order valence-corrected chi connectivity index (χ0v) is 7.80. The smallest absolute Gasteiger partial charge is 0.318 e. The normalized spacial score (nSPS) is 14.8. The van der Waals surface area contributed by atoms with E-state index in [0.717, 1.165) is 0 Å². The number of carboxylic acid groups (broad SMARTS) is 3. The maximum Gasteiger partial charge on any atom is 0.318 e. The minimum atomic E-state index is -1.68. The Morgan fingerprint density at radius 2 is 1.21 bits per heavy atom. The maximum atomic E-state index is 10.5. The summed E-state index contributed by atoms with van der Waals surface area (Å²) < 4.78 is 0. The summed E-state index contributed by atoms with van der Waals surface area (Å²) >= 11 is 0. The van der Waals surface area contributed by atoms with Crippen LogP contribution >= 0.6 is 0 Å². The summed E-state index contributed by atoms with van der Waals surface area (Å²) in [6.45, 7) is 2.58. The average Bonchev–Trinajstić information content (AvgIpc) is 2.01. The molecule has 14 heavy (non-hydrogen) atoms. The Labute approximate surface area is 80.2 Å². The molecule has 0 aliphatic heterocycles. The lowest BCUT2D eigenvalue weighted by Crippen LogP contribution is -2.35. The van der Waals surface area contributed by atoms with Crippen molar-refractivity contribution in [1.29, 1.82) is 0 Å². The Hall–Kier alpha value is -1.59. The lowest BCUT2D eigenvalue weighted by Gasteiger charge is -2.19. The second-order valence-corrected chi connectivity index (χ2v) is 3.14. The molecule has 0 aromatic heterocycles. The van der Waals surface area contributed by atoms with Crippen LogP contribution in [0.4, 0.5) is 0 Å². The van der Waals surface area contributed by atoms with Crippen LogP contribution in [-0.2, 0) is 14.4 Å². The molecule has 2 unspecified atom stereocenters. The lowest BCUT2D eigenvalue weighted by atomic mass is 9.84. The summed E-state index contributed by atoms with van der Waals surface area (Å²) in [6, 6.07) is 0. The Morgan fingerprint density at radius 3 is 1.43 bits per heavy atom. The predicted octanol–water partition coefficient (Wildman–Crippen LogP) is 0.129. The molecule has 0 aliphatic carbocycles. The van der Waals surface area contributed by atoms with Gasteiger partial charge in [0.1, 0.15) is 0 Å².